The molecular formula is C15H27BrN4O. The number of carbonyl (C=O) groups is 1. The molecule has 1 aromatic heterocycles. The van der Waals surface area contributed by atoms with Crippen molar-refractivity contribution in [3.8, 4) is 0 Å². The standard InChI is InChI=1S/C15H27BrN4O/c1-11(6-5-7-12(2)17)15(21)14-13(16)10-18-20(14)9-8-19(3)4/h10-12H,5-9,17H2,1-4H3. The van der Waals surface area contributed by atoms with Crippen molar-refractivity contribution < 1.29 is 4.79 Å². The molecule has 0 fully saturated rings. The molecule has 2 N–H and O–H groups in total. The SMILES string of the molecule is CC(N)CCCC(C)C(=O)c1c(Br)cnn1CCN(C)C. The molecule has 21 heavy (non-hydrogen) atoms. The van der Waals surface area contributed by atoms with Crippen LogP contribution in [-0.2, 0) is 6.54 Å². The Hall–Kier alpha value is -0.720. The molecule has 0 aromatic carbocycles. The molecule has 0 spiro atoms. The molecule has 1 heterocycles. The number of carbonyl (C=O) groups excluding carboxylic acids is 1. The van der Waals surface area contributed by atoms with Crippen molar-refractivity contribution in [3.05, 3.63) is 16.4 Å². The first-order valence-corrected chi connectivity index (χ1v) is 8.28. The fraction of sp³-hybridized carbons (Fsp3) is 0.733. The van der Waals surface area contributed by atoms with Crippen molar-refractivity contribution in [1.29, 1.82) is 0 Å². The lowest BCUT2D eigenvalue weighted by Gasteiger charge is -2.15. The van der Waals surface area contributed by atoms with Crippen LogP contribution in [0.3, 0.4) is 0 Å². The van der Waals surface area contributed by atoms with E-state index in [0.29, 0.717) is 12.2 Å². The Kier molecular flexibility index (Phi) is 7.56. The molecule has 1 aromatic rings. The van der Waals surface area contributed by atoms with Gasteiger partial charge in [0.15, 0.2) is 5.78 Å². The molecule has 120 valence electrons. The molecule has 1 rings (SSSR count). The number of nitrogens with zero attached hydrogens (tertiary/aromatic N) is 3. The number of Topliss-reactive ketones (excluding diaryl/α,β-unsaturated/α-hetero) is 1. The second kappa shape index (κ2) is 8.66. The summed E-state index contributed by atoms with van der Waals surface area (Å²) in [6.45, 7) is 5.55. The molecule has 2 atom stereocenters. The van der Waals surface area contributed by atoms with Crippen LogP contribution in [-0.4, -0.2) is 47.1 Å². The highest BCUT2D eigenvalue weighted by Crippen LogP contribution is 2.22. The molecule has 5 nitrogen and oxygen atoms in total. The number of rotatable bonds is 9. The quantitative estimate of drug-likeness (QED) is 0.689. The third-order valence-electron chi connectivity index (χ3n) is 3.53. The largest absolute Gasteiger partial charge is 0.328 e. The average Bonchev–Trinajstić information content (AvgIpc) is 2.76. The molecule has 0 saturated heterocycles. The zero-order valence-electron chi connectivity index (χ0n) is 13.5. The number of hydrogen-bond donors (Lipinski definition) is 1. The van der Waals surface area contributed by atoms with Gasteiger partial charge in [-0.1, -0.05) is 13.3 Å². The summed E-state index contributed by atoms with van der Waals surface area (Å²) in [5, 5.41) is 4.30. The summed E-state index contributed by atoms with van der Waals surface area (Å²) in [5.41, 5.74) is 6.44. The van der Waals surface area contributed by atoms with Gasteiger partial charge in [0.25, 0.3) is 0 Å². The number of likely N-dealkylation sites (N-methyl/N-ethyl adjacent to an activating group) is 1. The van der Waals surface area contributed by atoms with Crippen molar-refractivity contribution in [2.45, 2.75) is 45.7 Å². The van der Waals surface area contributed by atoms with E-state index in [9.17, 15) is 4.79 Å². The van der Waals surface area contributed by atoms with Gasteiger partial charge in [-0.15, -0.1) is 0 Å². The van der Waals surface area contributed by atoms with Gasteiger partial charge in [-0.3, -0.25) is 9.48 Å². The molecule has 0 amide bonds. The number of ketones is 1. The van der Waals surface area contributed by atoms with Crippen LogP contribution in [0.5, 0.6) is 0 Å². The van der Waals surface area contributed by atoms with Gasteiger partial charge in [0.1, 0.15) is 5.69 Å². The zero-order valence-corrected chi connectivity index (χ0v) is 15.1. The second-order valence-corrected chi connectivity index (χ2v) is 6.90. The van der Waals surface area contributed by atoms with Crippen LogP contribution in [0.2, 0.25) is 0 Å². The normalized spacial score (nSPS) is 14.4. The van der Waals surface area contributed by atoms with E-state index in [1.54, 1.807) is 10.9 Å². The summed E-state index contributed by atoms with van der Waals surface area (Å²) in [6.07, 6.45) is 4.51. The van der Waals surface area contributed by atoms with E-state index >= 15 is 0 Å². The first kappa shape index (κ1) is 18.3. The van der Waals surface area contributed by atoms with E-state index in [4.69, 9.17) is 5.73 Å². The summed E-state index contributed by atoms with van der Waals surface area (Å²) in [7, 11) is 4.02. The van der Waals surface area contributed by atoms with Crippen molar-refractivity contribution in [3.63, 3.8) is 0 Å². The number of hydrogen-bond acceptors (Lipinski definition) is 4. The smallest absolute Gasteiger partial charge is 0.184 e. The van der Waals surface area contributed by atoms with E-state index in [-0.39, 0.29) is 17.7 Å². The summed E-state index contributed by atoms with van der Waals surface area (Å²) < 4.78 is 2.58. The van der Waals surface area contributed by atoms with Crippen LogP contribution in [0, 0.1) is 5.92 Å². The molecular weight excluding hydrogens is 332 g/mol. The highest BCUT2D eigenvalue weighted by atomic mass is 79.9. The molecule has 0 aliphatic rings. The Morgan fingerprint density at radius 2 is 2.10 bits per heavy atom. The van der Waals surface area contributed by atoms with Crippen LogP contribution in [0.15, 0.2) is 10.7 Å². The highest BCUT2D eigenvalue weighted by molar-refractivity contribution is 9.10. The van der Waals surface area contributed by atoms with Gasteiger partial charge in [-0.05, 0) is 49.8 Å². The van der Waals surface area contributed by atoms with Crippen LogP contribution in [0.25, 0.3) is 0 Å². The molecule has 2 unspecified atom stereocenters. The Balaban J connectivity index is 2.69. The van der Waals surface area contributed by atoms with E-state index in [0.717, 1.165) is 30.3 Å². The predicted molar refractivity (Wildman–Crippen MR) is 89.5 cm³/mol. The third kappa shape index (κ3) is 5.88. The Bertz CT molecular complexity index is 457. The topological polar surface area (TPSA) is 64.2 Å². The molecule has 0 aliphatic heterocycles. The second-order valence-electron chi connectivity index (χ2n) is 6.04. The van der Waals surface area contributed by atoms with E-state index in [2.05, 4.69) is 25.9 Å². The van der Waals surface area contributed by atoms with Gasteiger partial charge in [0.2, 0.25) is 0 Å². The minimum Gasteiger partial charge on any atom is -0.328 e. The van der Waals surface area contributed by atoms with Crippen LogP contribution < -0.4 is 5.73 Å². The molecule has 0 radical (unpaired) electrons. The minimum absolute atomic E-state index is 0.00476. The Morgan fingerprint density at radius 1 is 1.43 bits per heavy atom. The van der Waals surface area contributed by atoms with Crippen molar-refractivity contribution in [1.82, 2.24) is 14.7 Å². The third-order valence-corrected chi connectivity index (χ3v) is 4.11. The number of halogens is 1. The number of nitrogens with two attached hydrogens (primary N) is 1. The number of aromatic nitrogens is 2. The molecule has 0 aliphatic carbocycles. The molecule has 0 bridgehead atoms. The maximum atomic E-state index is 12.6. The van der Waals surface area contributed by atoms with E-state index in [1.165, 1.54) is 0 Å². The van der Waals surface area contributed by atoms with Gasteiger partial charge in [0, 0.05) is 18.5 Å². The van der Waals surface area contributed by atoms with E-state index < -0.39 is 0 Å². The van der Waals surface area contributed by atoms with Crippen LogP contribution >= 0.6 is 15.9 Å². The zero-order chi connectivity index (χ0) is 16.0. The summed E-state index contributed by atoms with van der Waals surface area (Å²) in [6, 6.07) is 0.199. The van der Waals surface area contributed by atoms with Crippen LogP contribution in [0.4, 0.5) is 0 Å². The summed E-state index contributed by atoms with van der Waals surface area (Å²) in [5.74, 6) is 0.151. The first-order valence-electron chi connectivity index (χ1n) is 7.48. The van der Waals surface area contributed by atoms with E-state index in [1.807, 2.05) is 27.9 Å². The van der Waals surface area contributed by atoms with Crippen molar-refractivity contribution in [2.75, 3.05) is 20.6 Å². The Labute approximate surface area is 136 Å². The highest BCUT2D eigenvalue weighted by Gasteiger charge is 2.22. The fourth-order valence-electron chi connectivity index (χ4n) is 2.18. The fourth-order valence-corrected chi connectivity index (χ4v) is 2.67. The molecule has 0 saturated carbocycles. The van der Waals surface area contributed by atoms with Crippen LogP contribution in [0.1, 0.15) is 43.6 Å². The van der Waals surface area contributed by atoms with Gasteiger partial charge in [0.05, 0.1) is 17.2 Å². The Morgan fingerprint density at radius 3 is 2.67 bits per heavy atom. The monoisotopic (exact) mass is 358 g/mol. The van der Waals surface area contributed by atoms with Gasteiger partial charge < -0.3 is 10.6 Å². The van der Waals surface area contributed by atoms with Gasteiger partial charge >= 0.3 is 0 Å². The lowest BCUT2D eigenvalue weighted by atomic mass is 9.96. The average molecular weight is 359 g/mol. The van der Waals surface area contributed by atoms with Crippen molar-refractivity contribution in [2.24, 2.45) is 11.7 Å². The molecule has 6 heteroatoms. The van der Waals surface area contributed by atoms with Gasteiger partial charge in [-0.2, -0.15) is 5.10 Å². The van der Waals surface area contributed by atoms with Crippen molar-refractivity contribution >= 4 is 21.7 Å². The predicted octanol–water partition coefficient (Wildman–Crippen LogP) is 2.54. The lowest BCUT2D eigenvalue weighted by Crippen LogP contribution is -2.23. The summed E-state index contributed by atoms with van der Waals surface area (Å²) >= 11 is 3.45. The lowest BCUT2D eigenvalue weighted by molar-refractivity contribution is 0.0909. The first-order chi connectivity index (χ1) is 9.82. The summed E-state index contributed by atoms with van der Waals surface area (Å²) in [4.78, 5) is 14.7. The maximum Gasteiger partial charge on any atom is 0.184 e. The maximum absolute atomic E-state index is 12.6. The minimum atomic E-state index is -0.00476. The van der Waals surface area contributed by atoms with Gasteiger partial charge in [-0.25, -0.2) is 0 Å².